The van der Waals surface area contributed by atoms with Gasteiger partial charge in [0.25, 0.3) is 0 Å². The van der Waals surface area contributed by atoms with Crippen LogP contribution < -0.4 is 9.47 Å². The highest BCUT2D eigenvalue weighted by atomic mass is 19.1. The van der Waals surface area contributed by atoms with Gasteiger partial charge in [0.2, 0.25) is 5.78 Å². The molecule has 4 rings (SSSR count). The predicted octanol–water partition coefficient (Wildman–Crippen LogP) is 4.14. The lowest BCUT2D eigenvalue weighted by Crippen LogP contribution is -2.21. The predicted molar refractivity (Wildman–Crippen MR) is 88.3 cm³/mol. The second kappa shape index (κ2) is 5.55. The van der Waals surface area contributed by atoms with E-state index in [1.807, 2.05) is 13.8 Å². The summed E-state index contributed by atoms with van der Waals surface area (Å²) in [6.07, 6.45) is 0.108. The van der Waals surface area contributed by atoms with E-state index in [2.05, 4.69) is 0 Å². The lowest BCUT2D eigenvalue weighted by atomic mass is 9.84. The van der Waals surface area contributed by atoms with E-state index < -0.39 is 0 Å². The van der Waals surface area contributed by atoms with Gasteiger partial charge in [-0.25, -0.2) is 4.39 Å². The van der Waals surface area contributed by atoms with Crippen molar-refractivity contribution >= 4 is 11.8 Å². The molecule has 0 saturated heterocycles. The standard InChI is InChI=1S/C20H15FO4/c1-10(2)19-18(23)13-7-8-15-17(20(13)25-19)14(9-16(22)24-15)11-3-5-12(21)6-4-11/h3-8,14H,9H2,1-2H3/t14-/m1/s1. The average molecular weight is 338 g/mol. The Kier molecular flexibility index (Phi) is 3.46. The number of halogens is 1. The van der Waals surface area contributed by atoms with Crippen molar-refractivity contribution < 1.29 is 23.5 Å². The van der Waals surface area contributed by atoms with Crippen LogP contribution in [0.15, 0.2) is 47.7 Å². The van der Waals surface area contributed by atoms with Gasteiger partial charge < -0.3 is 9.47 Å². The first-order chi connectivity index (χ1) is 12.0. The van der Waals surface area contributed by atoms with Crippen LogP contribution in [0.4, 0.5) is 4.39 Å². The van der Waals surface area contributed by atoms with Crippen molar-refractivity contribution in [2.45, 2.75) is 26.2 Å². The molecule has 0 N–H and O–H groups in total. The summed E-state index contributed by atoms with van der Waals surface area (Å²) in [5, 5.41) is 0. The molecule has 1 atom stereocenters. The highest BCUT2D eigenvalue weighted by Crippen LogP contribution is 2.49. The Hall–Kier alpha value is -2.95. The molecule has 2 aromatic carbocycles. The van der Waals surface area contributed by atoms with Crippen LogP contribution in [0.2, 0.25) is 0 Å². The molecule has 2 heterocycles. The number of allylic oxidation sites excluding steroid dienone is 2. The number of Topliss-reactive ketones (excluding diaryl/α,β-unsaturated/α-hetero) is 1. The van der Waals surface area contributed by atoms with E-state index in [1.54, 1.807) is 24.3 Å². The Labute approximate surface area is 143 Å². The van der Waals surface area contributed by atoms with Gasteiger partial charge in [-0.15, -0.1) is 0 Å². The van der Waals surface area contributed by atoms with Gasteiger partial charge in [0.1, 0.15) is 17.3 Å². The first-order valence-corrected chi connectivity index (χ1v) is 7.98. The highest BCUT2D eigenvalue weighted by molar-refractivity contribution is 6.13. The minimum atomic E-state index is -0.367. The number of hydrogen-bond donors (Lipinski definition) is 0. The topological polar surface area (TPSA) is 52.6 Å². The Balaban J connectivity index is 1.91. The van der Waals surface area contributed by atoms with Crippen LogP contribution in [-0.2, 0) is 4.79 Å². The lowest BCUT2D eigenvalue weighted by Gasteiger charge is -2.26. The molecule has 0 spiro atoms. The number of ketones is 1. The zero-order chi connectivity index (χ0) is 17.7. The number of esters is 1. The van der Waals surface area contributed by atoms with E-state index >= 15 is 0 Å². The summed E-state index contributed by atoms with van der Waals surface area (Å²) < 4.78 is 24.5. The number of carbonyl (C=O) groups excluding carboxylic acids is 2. The zero-order valence-corrected chi connectivity index (χ0v) is 13.8. The fourth-order valence-corrected chi connectivity index (χ4v) is 3.30. The summed E-state index contributed by atoms with van der Waals surface area (Å²) in [5.41, 5.74) is 2.67. The van der Waals surface area contributed by atoms with Crippen molar-refractivity contribution in [1.29, 1.82) is 0 Å². The third kappa shape index (κ3) is 2.43. The molecule has 2 aliphatic rings. The van der Waals surface area contributed by atoms with Crippen molar-refractivity contribution in [3.63, 3.8) is 0 Å². The Morgan fingerprint density at radius 1 is 1.04 bits per heavy atom. The van der Waals surface area contributed by atoms with E-state index in [9.17, 15) is 14.0 Å². The maximum absolute atomic E-state index is 13.3. The van der Waals surface area contributed by atoms with Crippen LogP contribution in [0, 0.1) is 5.82 Å². The quantitative estimate of drug-likeness (QED) is 0.446. The third-order valence-corrected chi connectivity index (χ3v) is 4.48. The van der Waals surface area contributed by atoms with E-state index in [1.165, 1.54) is 12.1 Å². The maximum Gasteiger partial charge on any atom is 0.312 e. The summed E-state index contributed by atoms with van der Waals surface area (Å²) in [4.78, 5) is 24.5. The van der Waals surface area contributed by atoms with Crippen LogP contribution >= 0.6 is 0 Å². The molecule has 126 valence electrons. The van der Waals surface area contributed by atoms with Crippen molar-refractivity contribution in [2.75, 3.05) is 0 Å². The summed E-state index contributed by atoms with van der Waals surface area (Å²) >= 11 is 0. The highest BCUT2D eigenvalue weighted by Gasteiger charge is 2.38. The zero-order valence-electron chi connectivity index (χ0n) is 13.8. The molecule has 5 heteroatoms. The van der Waals surface area contributed by atoms with Crippen molar-refractivity contribution in [3.05, 3.63) is 70.2 Å². The van der Waals surface area contributed by atoms with Gasteiger partial charge in [-0.05, 0) is 49.2 Å². The molecule has 0 amide bonds. The molecule has 25 heavy (non-hydrogen) atoms. The number of fused-ring (bicyclic) bond motifs is 3. The SMILES string of the molecule is CC(C)=C1Oc2c(ccc3c2[C@@H](c2ccc(F)cc2)CC(=O)O3)C1=O. The second-order valence-corrected chi connectivity index (χ2v) is 6.40. The fraction of sp³-hybridized carbons (Fsp3) is 0.200. The molecule has 0 unspecified atom stereocenters. The summed E-state index contributed by atoms with van der Waals surface area (Å²) in [6.45, 7) is 3.62. The van der Waals surface area contributed by atoms with Gasteiger partial charge in [-0.2, -0.15) is 0 Å². The molecule has 4 nitrogen and oxygen atoms in total. The van der Waals surface area contributed by atoms with E-state index in [0.29, 0.717) is 28.4 Å². The Bertz CT molecular complexity index is 937. The van der Waals surface area contributed by atoms with E-state index in [0.717, 1.165) is 11.1 Å². The molecule has 2 aromatic rings. The molecule has 2 aliphatic heterocycles. The van der Waals surface area contributed by atoms with Crippen LogP contribution in [0.3, 0.4) is 0 Å². The second-order valence-electron chi connectivity index (χ2n) is 6.40. The normalized spacial score (nSPS) is 18.4. The van der Waals surface area contributed by atoms with Gasteiger partial charge in [0, 0.05) is 11.5 Å². The largest absolute Gasteiger partial charge is 0.452 e. The Morgan fingerprint density at radius 2 is 1.76 bits per heavy atom. The van der Waals surface area contributed by atoms with E-state index in [-0.39, 0.29) is 29.9 Å². The van der Waals surface area contributed by atoms with Crippen molar-refractivity contribution in [3.8, 4) is 11.5 Å². The summed E-state index contributed by atoms with van der Waals surface area (Å²) in [5.74, 6) is -0.123. The van der Waals surface area contributed by atoms with Crippen LogP contribution in [-0.4, -0.2) is 11.8 Å². The first-order valence-electron chi connectivity index (χ1n) is 7.98. The molecule has 0 radical (unpaired) electrons. The summed E-state index contributed by atoms with van der Waals surface area (Å²) in [6, 6.07) is 9.22. The van der Waals surface area contributed by atoms with Crippen LogP contribution in [0.1, 0.15) is 47.7 Å². The molecule has 0 aliphatic carbocycles. The lowest BCUT2D eigenvalue weighted by molar-refractivity contribution is -0.135. The van der Waals surface area contributed by atoms with Gasteiger partial charge >= 0.3 is 5.97 Å². The molecule has 0 bridgehead atoms. The minimum absolute atomic E-state index is 0.108. The van der Waals surface area contributed by atoms with Gasteiger partial charge in [-0.3, -0.25) is 9.59 Å². The van der Waals surface area contributed by atoms with Crippen LogP contribution in [0.5, 0.6) is 11.5 Å². The molecular formula is C20H15FO4. The Morgan fingerprint density at radius 3 is 2.44 bits per heavy atom. The molecule has 0 aromatic heterocycles. The van der Waals surface area contributed by atoms with Gasteiger partial charge in [0.05, 0.1) is 12.0 Å². The monoisotopic (exact) mass is 338 g/mol. The number of benzene rings is 2. The van der Waals surface area contributed by atoms with Crippen LogP contribution in [0.25, 0.3) is 0 Å². The van der Waals surface area contributed by atoms with E-state index in [4.69, 9.17) is 9.47 Å². The minimum Gasteiger partial charge on any atom is -0.452 e. The third-order valence-electron chi connectivity index (χ3n) is 4.48. The number of ether oxygens (including phenoxy) is 2. The van der Waals surface area contributed by atoms with Gasteiger partial charge in [-0.1, -0.05) is 12.1 Å². The van der Waals surface area contributed by atoms with Gasteiger partial charge in [0.15, 0.2) is 5.76 Å². The molecule has 0 saturated carbocycles. The summed E-state index contributed by atoms with van der Waals surface area (Å²) in [7, 11) is 0. The first kappa shape index (κ1) is 15.6. The maximum atomic E-state index is 13.3. The molecular weight excluding hydrogens is 323 g/mol. The molecule has 0 fully saturated rings. The average Bonchev–Trinajstić information content (AvgIpc) is 2.92. The number of rotatable bonds is 1. The van der Waals surface area contributed by atoms with Crippen molar-refractivity contribution in [1.82, 2.24) is 0 Å². The van der Waals surface area contributed by atoms with Crippen molar-refractivity contribution in [2.24, 2.45) is 0 Å². The number of carbonyl (C=O) groups is 2. The number of hydrogen-bond acceptors (Lipinski definition) is 4. The fourth-order valence-electron chi connectivity index (χ4n) is 3.30. The smallest absolute Gasteiger partial charge is 0.312 e.